The first-order valence-corrected chi connectivity index (χ1v) is 7.08. The van der Waals surface area contributed by atoms with Gasteiger partial charge in [0, 0.05) is 16.8 Å². The van der Waals surface area contributed by atoms with Crippen molar-refractivity contribution in [2.24, 2.45) is 0 Å². The third kappa shape index (κ3) is 2.52. The minimum atomic E-state index is 0.412. The second-order valence-electron chi connectivity index (χ2n) is 3.80. The lowest BCUT2D eigenvalue weighted by Crippen LogP contribution is -1.82. The van der Waals surface area contributed by atoms with Crippen molar-refractivity contribution in [1.82, 2.24) is 9.97 Å². The Morgan fingerprint density at radius 2 is 2.16 bits per heavy atom. The molecule has 0 amide bonds. The zero-order valence-electron chi connectivity index (χ0n) is 9.70. The predicted molar refractivity (Wildman–Crippen MR) is 77.1 cm³/mol. The van der Waals surface area contributed by atoms with Gasteiger partial charge in [-0.3, -0.25) is 0 Å². The summed E-state index contributed by atoms with van der Waals surface area (Å²) in [4.78, 5) is 9.43. The van der Waals surface area contributed by atoms with Crippen molar-refractivity contribution >= 4 is 39.0 Å². The van der Waals surface area contributed by atoms with Gasteiger partial charge >= 0.3 is 0 Å². The molecule has 0 unspecified atom stereocenters. The van der Waals surface area contributed by atoms with Crippen LogP contribution in [0.25, 0.3) is 10.2 Å². The molecule has 0 bridgehead atoms. The molecule has 2 heterocycles. The van der Waals surface area contributed by atoms with Gasteiger partial charge in [-0.2, -0.15) is 5.26 Å². The molecule has 2 aromatic heterocycles. The van der Waals surface area contributed by atoms with E-state index in [1.165, 1.54) is 11.8 Å². The van der Waals surface area contributed by atoms with Crippen LogP contribution in [0.1, 0.15) is 5.69 Å². The van der Waals surface area contributed by atoms with E-state index < -0.39 is 0 Å². The van der Waals surface area contributed by atoms with Gasteiger partial charge in [-0.05, 0) is 30.3 Å². The standard InChI is InChI=1S/C13H8N4S2/c14-7-9-6-10(3-4-16-9)18-13-17-11-2-1-8(15)5-12(11)19-13/h1-6H,15H2. The monoisotopic (exact) mass is 284 g/mol. The largest absolute Gasteiger partial charge is 0.399 e. The Hall–Kier alpha value is -2.10. The lowest BCUT2D eigenvalue weighted by Gasteiger charge is -1.96. The Labute approximate surface area is 117 Å². The molecule has 4 nitrogen and oxygen atoms in total. The summed E-state index contributed by atoms with van der Waals surface area (Å²) in [5.41, 5.74) is 7.84. The van der Waals surface area contributed by atoms with Gasteiger partial charge in [-0.25, -0.2) is 9.97 Å². The van der Waals surface area contributed by atoms with Crippen molar-refractivity contribution < 1.29 is 0 Å². The number of hydrogen-bond donors (Lipinski definition) is 1. The summed E-state index contributed by atoms with van der Waals surface area (Å²) in [5, 5.41) is 8.82. The number of fused-ring (bicyclic) bond motifs is 1. The number of hydrogen-bond acceptors (Lipinski definition) is 6. The summed E-state index contributed by atoms with van der Waals surface area (Å²) < 4.78 is 1.99. The molecule has 92 valence electrons. The van der Waals surface area contributed by atoms with Crippen molar-refractivity contribution in [3.05, 3.63) is 42.2 Å². The fourth-order valence-corrected chi connectivity index (χ4v) is 3.72. The van der Waals surface area contributed by atoms with Gasteiger partial charge < -0.3 is 5.73 Å². The third-order valence-corrected chi connectivity index (χ3v) is 4.51. The Balaban J connectivity index is 1.94. The average Bonchev–Trinajstić information content (AvgIpc) is 2.80. The first kappa shape index (κ1) is 12.0. The van der Waals surface area contributed by atoms with E-state index in [-0.39, 0.29) is 0 Å². The molecule has 0 saturated carbocycles. The molecule has 3 aromatic rings. The average molecular weight is 284 g/mol. The summed E-state index contributed by atoms with van der Waals surface area (Å²) in [6.07, 6.45) is 1.63. The summed E-state index contributed by atoms with van der Waals surface area (Å²) in [7, 11) is 0. The van der Waals surface area contributed by atoms with Crippen molar-refractivity contribution in [1.29, 1.82) is 5.26 Å². The topological polar surface area (TPSA) is 75.6 Å². The third-order valence-electron chi connectivity index (χ3n) is 2.44. The van der Waals surface area contributed by atoms with E-state index in [1.807, 2.05) is 30.3 Å². The van der Waals surface area contributed by atoms with Crippen molar-refractivity contribution in [3.63, 3.8) is 0 Å². The van der Waals surface area contributed by atoms with Crippen molar-refractivity contribution in [2.45, 2.75) is 9.24 Å². The van der Waals surface area contributed by atoms with Crippen LogP contribution >= 0.6 is 23.1 Å². The summed E-state index contributed by atoms with van der Waals surface area (Å²) >= 11 is 3.11. The number of pyridine rings is 1. The van der Waals surface area contributed by atoms with Gasteiger partial charge in [0.1, 0.15) is 11.8 Å². The van der Waals surface area contributed by atoms with Gasteiger partial charge in [0.2, 0.25) is 0 Å². The molecule has 1 aromatic carbocycles. The number of nitrogens with two attached hydrogens (primary N) is 1. The predicted octanol–water partition coefficient (Wildman–Crippen LogP) is 3.30. The molecule has 0 aliphatic carbocycles. The molecule has 0 saturated heterocycles. The highest BCUT2D eigenvalue weighted by atomic mass is 32.2. The molecule has 0 spiro atoms. The highest BCUT2D eigenvalue weighted by molar-refractivity contribution is 8.01. The molecule has 0 aliphatic heterocycles. The van der Waals surface area contributed by atoms with Crippen LogP contribution in [0.4, 0.5) is 5.69 Å². The Bertz CT molecular complexity index is 789. The van der Waals surface area contributed by atoms with E-state index in [0.717, 1.165) is 25.1 Å². The second-order valence-corrected chi connectivity index (χ2v) is 6.15. The highest BCUT2D eigenvalue weighted by Crippen LogP contribution is 2.34. The van der Waals surface area contributed by atoms with Gasteiger partial charge in [0.25, 0.3) is 0 Å². The number of nitriles is 1. The van der Waals surface area contributed by atoms with E-state index in [9.17, 15) is 0 Å². The molecule has 0 aliphatic rings. The minimum Gasteiger partial charge on any atom is -0.399 e. The molecule has 19 heavy (non-hydrogen) atoms. The summed E-state index contributed by atoms with van der Waals surface area (Å²) in [5.74, 6) is 0. The molecule has 0 fully saturated rings. The highest BCUT2D eigenvalue weighted by Gasteiger charge is 2.06. The van der Waals surface area contributed by atoms with Crippen molar-refractivity contribution in [3.8, 4) is 6.07 Å². The van der Waals surface area contributed by atoms with Gasteiger partial charge in [0.15, 0.2) is 4.34 Å². The first-order chi connectivity index (χ1) is 9.24. The van der Waals surface area contributed by atoms with Crippen LogP contribution in [-0.4, -0.2) is 9.97 Å². The van der Waals surface area contributed by atoms with E-state index in [4.69, 9.17) is 11.0 Å². The molecule has 0 atom stereocenters. The van der Waals surface area contributed by atoms with Crippen LogP contribution in [0.15, 0.2) is 45.8 Å². The fraction of sp³-hybridized carbons (Fsp3) is 0. The molecule has 2 N–H and O–H groups in total. The van der Waals surface area contributed by atoms with Gasteiger partial charge in [-0.1, -0.05) is 11.8 Å². The van der Waals surface area contributed by atoms with Crippen LogP contribution in [0.3, 0.4) is 0 Å². The van der Waals surface area contributed by atoms with Crippen LogP contribution < -0.4 is 5.73 Å². The Morgan fingerprint density at radius 1 is 1.26 bits per heavy atom. The van der Waals surface area contributed by atoms with E-state index in [2.05, 4.69) is 9.97 Å². The lowest BCUT2D eigenvalue weighted by molar-refractivity contribution is 1.21. The molecule has 0 radical (unpaired) electrons. The zero-order valence-corrected chi connectivity index (χ0v) is 11.3. The molecule has 6 heteroatoms. The summed E-state index contributed by atoms with van der Waals surface area (Å²) in [6, 6.07) is 11.3. The maximum absolute atomic E-state index is 8.82. The van der Waals surface area contributed by atoms with E-state index in [0.29, 0.717) is 5.69 Å². The fourth-order valence-electron chi connectivity index (χ4n) is 1.60. The number of benzene rings is 1. The van der Waals surface area contributed by atoms with E-state index in [1.54, 1.807) is 23.6 Å². The van der Waals surface area contributed by atoms with Gasteiger partial charge in [-0.15, -0.1) is 11.3 Å². The number of aromatic nitrogens is 2. The van der Waals surface area contributed by atoms with Crippen molar-refractivity contribution in [2.75, 3.05) is 5.73 Å². The van der Waals surface area contributed by atoms with Crippen LogP contribution in [0, 0.1) is 11.3 Å². The molecule has 3 rings (SSSR count). The normalized spacial score (nSPS) is 10.5. The van der Waals surface area contributed by atoms with Crippen LogP contribution in [0.2, 0.25) is 0 Å². The Kier molecular flexibility index (Phi) is 3.07. The smallest absolute Gasteiger partial charge is 0.155 e. The zero-order chi connectivity index (χ0) is 13.2. The maximum Gasteiger partial charge on any atom is 0.155 e. The SMILES string of the molecule is N#Cc1cc(Sc2nc3ccc(N)cc3s2)ccn1. The summed E-state index contributed by atoms with van der Waals surface area (Å²) in [6.45, 7) is 0. The number of thiazole rings is 1. The molecular weight excluding hydrogens is 276 g/mol. The lowest BCUT2D eigenvalue weighted by atomic mass is 10.3. The number of anilines is 1. The maximum atomic E-state index is 8.82. The van der Waals surface area contributed by atoms with Gasteiger partial charge in [0.05, 0.1) is 10.2 Å². The Morgan fingerprint density at radius 3 is 3.00 bits per heavy atom. The molecular formula is C13H8N4S2. The minimum absolute atomic E-state index is 0.412. The van der Waals surface area contributed by atoms with E-state index >= 15 is 0 Å². The number of nitrogens with zero attached hydrogens (tertiary/aromatic N) is 3. The van der Waals surface area contributed by atoms with Crippen LogP contribution in [-0.2, 0) is 0 Å². The number of rotatable bonds is 2. The second kappa shape index (κ2) is 4.88. The van der Waals surface area contributed by atoms with Crippen LogP contribution in [0.5, 0.6) is 0 Å². The quantitative estimate of drug-likeness (QED) is 0.731. The number of nitrogen functional groups attached to an aromatic ring is 1. The first-order valence-electron chi connectivity index (χ1n) is 5.45.